The molecule has 0 spiro atoms. The Morgan fingerprint density at radius 1 is 1.17 bits per heavy atom. The molecule has 1 aliphatic rings. The van der Waals surface area contributed by atoms with Crippen LogP contribution >= 0.6 is 39.3 Å². The Bertz CT molecular complexity index is 1450. The summed E-state index contributed by atoms with van der Waals surface area (Å²) in [6, 6.07) is 18.3. The first-order valence-electron chi connectivity index (χ1n) is 10.4. The highest BCUT2D eigenvalue weighted by atomic mass is 79.9. The second kappa shape index (κ2) is 11.0. The van der Waals surface area contributed by atoms with Crippen molar-refractivity contribution in [1.29, 1.82) is 5.26 Å². The molecule has 8 nitrogen and oxygen atoms in total. The van der Waals surface area contributed by atoms with E-state index in [-0.39, 0.29) is 28.8 Å². The zero-order valence-electron chi connectivity index (χ0n) is 18.3. The molecule has 2 amide bonds. The first-order chi connectivity index (χ1) is 17.3. The summed E-state index contributed by atoms with van der Waals surface area (Å²) < 4.78 is 6.37. The van der Waals surface area contributed by atoms with Crippen LogP contribution in [0.25, 0.3) is 6.08 Å². The normalized spacial score (nSPS) is 14.2. The molecular weight excluding hydrogens is 570 g/mol. The highest BCUT2D eigenvalue weighted by Gasteiger charge is 2.35. The number of nitro benzene ring substituents is 1. The van der Waals surface area contributed by atoms with Gasteiger partial charge in [0.1, 0.15) is 6.61 Å². The van der Waals surface area contributed by atoms with Crippen LogP contribution in [0.15, 0.2) is 70.0 Å². The number of nitriles is 1. The average Bonchev–Trinajstić information content (AvgIpc) is 3.11. The molecule has 3 aromatic carbocycles. The molecule has 1 heterocycles. The van der Waals surface area contributed by atoms with Gasteiger partial charge in [-0.15, -0.1) is 0 Å². The van der Waals surface area contributed by atoms with Gasteiger partial charge in [0.2, 0.25) is 0 Å². The van der Waals surface area contributed by atoms with Crippen LogP contribution in [0.1, 0.15) is 22.3 Å². The molecule has 1 fully saturated rings. The Kier molecular flexibility index (Phi) is 7.74. The number of carbonyl (C=O) groups is 2. The lowest BCUT2D eigenvalue weighted by Gasteiger charge is -2.13. The molecule has 1 saturated heterocycles. The van der Waals surface area contributed by atoms with Crippen LogP contribution in [0.4, 0.5) is 10.5 Å². The Balaban J connectivity index is 1.51. The third-order valence-electron chi connectivity index (χ3n) is 5.16. The van der Waals surface area contributed by atoms with Gasteiger partial charge in [0.05, 0.1) is 37.5 Å². The van der Waals surface area contributed by atoms with Gasteiger partial charge in [-0.2, -0.15) is 5.26 Å². The van der Waals surface area contributed by atoms with Crippen molar-refractivity contribution < 1.29 is 19.2 Å². The van der Waals surface area contributed by atoms with Gasteiger partial charge in [-0.3, -0.25) is 24.6 Å². The molecule has 3 aromatic rings. The van der Waals surface area contributed by atoms with E-state index in [1.54, 1.807) is 42.5 Å². The van der Waals surface area contributed by atoms with Crippen LogP contribution in [0.5, 0.6) is 5.75 Å². The lowest BCUT2D eigenvalue weighted by molar-refractivity contribution is -0.384. The lowest BCUT2D eigenvalue weighted by Crippen LogP contribution is -2.27. The van der Waals surface area contributed by atoms with E-state index in [4.69, 9.17) is 16.3 Å². The minimum Gasteiger partial charge on any atom is -0.486 e. The molecular formula is C25H15BrClN3O5S. The molecule has 0 saturated carbocycles. The quantitative estimate of drug-likeness (QED) is 0.172. The number of halogens is 2. The number of amides is 2. The molecule has 4 rings (SSSR count). The minimum atomic E-state index is -0.533. The van der Waals surface area contributed by atoms with Crippen molar-refractivity contribution in [3.05, 3.63) is 107 Å². The van der Waals surface area contributed by atoms with Crippen molar-refractivity contribution in [1.82, 2.24) is 4.90 Å². The molecule has 0 aromatic heterocycles. The number of hydrogen-bond acceptors (Lipinski definition) is 7. The molecule has 1 aliphatic heterocycles. The van der Waals surface area contributed by atoms with E-state index in [1.165, 1.54) is 18.2 Å². The summed E-state index contributed by atoms with van der Waals surface area (Å²) in [6.45, 7) is 0.0586. The van der Waals surface area contributed by atoms with Gasteiger partial charge in [-0.25, -0.2) is 0 Å². The SMILES string of the molecule is N#Cc1ccccc1COc1c(Cl)cc(/C=C2\SC(=O)N(Cc3cccc([N+](=O)[O-])c3)C2=O)cc1Br. The molecule has 36 heavy (non-hydrogen) atoms. The van der Waals surface area contributed by atoms with Gasteiger partial charge in [0.15, 0.2) is 5.75 Å². The van der Waals surface area contributed by atoms with E-state index >= 15 is 0 Å². The lowest BCUT2D eigenvalue weighted by atomic mass is 10.1. The number of nitro groups is 1. The molecule has 180 valence electrons. The van der Waals surface area contributed by atoms with Gasteiger partial charge < -0.3 is 4.74 Å². The van der Waals surface area contributed by atoms with Crippen LogP contribution in [0.2, 0.25) is 5.02 Å². The fourth-order valence-corrected chi connectivity index (χ4v) is 5.27. The fourth-order valence-electron chi connectivity index (χ4n) is 3.44. The minimum absolute atomic E-state index is 0.0783. The zero-order valence-corrected chi connectivity index (χ0v) is 21.5. The van der Waals surface area contributed by atoms with Crippen LogP contribution in [0, 0.1) is 21.4 Å². The number of rotatable bonds is 7. The van der Waals surface area contributed by atoms with Crippen molar-refractivity contribution in [2.75, 3.05) is 0 Å². The predicted octanol–water partition coefficient (Wildman–Crippen LogP) is 6.70. The van der Waals surface area contributed by atoms with Crippen molar-refractivity contribution >= 4 is 62.2 Å². The summed E-state index contributed by atoms with van der Waals surface area (Å²) in [6.07, 6.45) is 1.55. The van der Waals surface area contributed by atoms with E-state index in [0.29, 0.717) is 32.5 Å². The molecule has 0 atom stereocenters. The summed E-state index contributed by atoms with van der Waals surface area (Å²) in [5, 5.41) is 20.1. The van der Waals surface area contributed by atoms with Crippen molar-refractivity contribution in [2.45, 2.75) is 13.2 Å². The standard InChI is InChI=1S/C25H15BrClN3O5S/c26-20-9-16(10-21(27)23(20)35-14-18-6-2-1-5-17(18)12-28)11-22-24(31)29(25(32)36-22)13-15-4-3-7-19(8-15)30(33)34/h1-11H,13-14H2/b22-11-. The van der Waals surface area contributed by atoms with Gasteiger partial charge >= 0.3 is 0 Å². The maximum Gasteiger partial charge on any atom is 0.293 e. The Labute approximate surface area is 223 Å². The van der Waals surface area contributed by atoms with Gasteiger partial charge in [-0.05, 0) is 63.1 Å². The topological polar surface area (TPSA) is 114 Å². The summed E-state index contributed by atoms with van der Waals surface area (Å²) >= 11 is 10.6. The number of carbonyl (C=O) groups excluding carboxylic acids is 2. The monoisotopic (exact) mass is 583 g/mol. The highest BCUT2D eigenvalue weighted by molar-refractivity contribution is 9.10. The van der Waals surface area contributed by atoms with Crippen LogP contribution in [-0.2, 0) is 17.9 Å². The summed E-state index contributed by atoms with van der Waals surface area (Å²) in [5.74, 6) is -0.127. The van der Waals surface area contributed by atoms with E-state index in [2.05, 4.69) is 22.0 Å². The highest BCUT2D eigenvalue weighted by Crippen LogP contribution is 2.38. The second-order valence-corrected chi connectivity index (χ2v) is 9.82. The molecule has 0 unspecified atom stereocenters. The van der Waals surface area contributed by atoms with Crippen LogP contribution in [-0.4, -0.2) is 21.0 Å². The number of ether oxygens (including phenoxy) is 1. The fraction of sp³-hybridized carbons (Fsp3) is 0.0800. The smallest absolute Gasteiger partial charge is 0.293 e. The van der Waals surface area contributed by atoms with Gasteiger partial charge in [0, 0.05) is 17.7 Å². The Morgan fingerprint density at radius 3 is 2.67 bits per heavy atom. The van der Waals surface area contributed by atoms with Crippen molar-refractivity contribution in [3.8, 4) is 11.8 Å². The van der Waals surface area contributed by atoms with Crippen LogP contribution < -0.4 is 4.74 Å². The first kappa shape index (κ1) is 25.4. The van der Waals surface area contributed by atoms with Crippen molar-refractivity contribution in [2.24, 2.45) is 0 Å². The maximum atomic E-state index is 12.9. The summed E-state index contributed by atoms with van der Waals surface area (Å²) in [7, 11) is 0. The van der Waals surface area contributed by atoms with E-state index < -0.39 is 16.1 Å². The number of imide groups is 1. The second-order valence-electron chi connectivity index (χ2n) is 7.57. The molecule has 0 bridgehead atoms. The molecule has 0 N–H and O–H groups in total. The predicted molar refractivity (Wildman–Crippen MR) is 139 cm³/mol. The number of non-ortho nitro benzene ring substituents is 1. The molecule has 0 radical (unpaired) electrons. The third-order valence-corrected chi connectivity index (χ3v) is 6.94. The molecule has 0 aliphatic carbocycles. The van der Waals surface area contributed by atoms with Crippen molar-refractivity contribution in [3.63, 3.8) is 0 Å². The van der Waals surface area contributed by atoms with E-state index in [9.17, 15) is 25.0 Å². The van der Waals surface area contributed by atoms with Crippen LogP contribution in [0.3, 0.4) is 0 Å². The first-order valence-corrected chi connectivity index (χ1v) is 12.3. The zero-order chi connectivity index (χ0) is 25.8. The average molecular weight is 585 g/mol. The number of thioether (sulfide) groups is 1. The maximum absolute atomic E-state index is 12.9. The Hall–Kier alpha value is -3.65. The number of hydrogen-bond donors (Lipinski definition) is 0. The Morgan fingerprint density at radius 2 is 1.94 bits per heavy atom. The summed E-state index contributed by atoms with van der Waals surface area (Å²) in [5.41, 5.74) is 2.13. The number of nitrogens with zero attached hydrogens (tertiary/aromatic N) is 3. The largest absolute Gasteiger partial charge is 0.486 e. The number of benzene rings is 3. The van der Waals surface area contributed by atoms with E-state index in [0.717, 1.165) is 16.7 Å². The van der Waals surface area contributed by atoms with Gasteiger partial charge in [0.25, 0.3) is 16.8 Å². The third kappa shape index (κ3) is 5.60. The van der Waals surface area contributed by atoms with E-state index in [1.807, 2.05) is 6.07 Å². The summed E-state index contributed by atoms with van der Waals surface area (Å²) in [4.78, 5) is 37.1. The van der Waals surface area contributed by atoms with Gasteiger partial charge in [-0.1, -0.05) is 41.9 Å². The molecule has 11 heteroatoms.